The molecule has 1 fully saturated rings. The van der Waals surface area contributed by atoms with Gasteiger partial charge in [0.15, 0.2) is 5.54 Å². The van der Waals surface area contributed by atoms with Crippen LogP contribution in [0.15, 0.2) is 58.0 Å². The summed E-state index contributed by atoms with van der Waals surface area (Å²) in [5.41, 5.74) is 0.819. The normalized spacial score (nSPS) is 20.6. The van der Waals surface area contributed by atoms with Crippen LogP contribution in [0, 0.1) is 0 Å². The Balaban J connectivity index is 1.58. The second-order valence-electron chi connectivity index (χ2n) is 7.90. The highest BCUT2D eigenvalue weighted by Gasteiger charge is 2.47. The first-order valence-electron chi connectivity index (χ1n) is 10.8. The molecule has 1 atom stereocenters. The number of hydrogen-bond acceptors (Lipinski definition) is 6. The molecule has 2 heterocycles. The number of hydrogen-bond donors (Lipinski definition) is 1. The number of carbonyl (C=O) groups is 1. The highest BCUT2D eigenvalue weighted by atomic mass is 79.9. The van der Waals surface area contributed by atoms with Crippen molar-refractivity contribution in [3.8, 4) is 5.75 Å². The first-order valence-corrected chi connectivity index (χ1v) is 11.6. The maximum atomic E-state index is 13.6. The Morgan fingerprint density at radius 2 is 1.84 bits per heavy atom. The minimum atomic E-state index is -1.00. The summed E-state index contributed by atoms with van der Waals surface area (Å²) in [6, 6.07) is 15.4. The molecule has 2 aromatic rings. The van der Waals surface area contributed by atoms with Crippen LogP contribution in [0.2, 0.25) is 0 Å². The number of halogens is 1. The van der Waals surface area contributed by atoms with Crippen LogP contribution in [0.1, 0.15) is 17.5 Å². The maximum absolute atomic E-state index is 13.6. The van der Waals surface area contributed by atoms with Crippen molar-refractivity contribution < 1.29 is 24.1 Å². The molecule has 1 saturated heterocycles. The van der Waals surface area contributed by atoms with Crippen molar-refractivity contribution in [1.29, 1.82) is 0 Å². The fraction of sp³-hybridized carbons (Fsp3) is 0.417. The van der Waals surface area contributed by atoms with E-state index >= 15 is 0 Å². The van der Waals surface area contributed by atoms with E-state index in [4.69, 9.17) is 24.3 Å². The molecule has 7 nitrogen and oxygen atoms in total. The molecule has 170 valence electrons. The van der Waals surface area contributed by atoms with Crippen LogP contribution in [-0.2, 0) is 20.7 Å². The van der Waals surface area contributed by atoms with Gasteiger partial charge in [0.25, 0.3) is 5.91 Å². The van der Waals surface area contributed by atoms with Gasteiger partial charge in [-0.15, -0.1) is 0 Å². The summed E-state index contributed by atoms with van der Waals surface area (Å²) in [4.78, 5) is 20.3. The predicted molar refractivity (Wildman–Crippen MR) is 124 cm³/mol. The van der Waals surface area contributed by atoms with Crippen LogP contribution >= 0.6 is 15.9 Å². The molecular formula is C24H27BrN2O5. The lowest BCUT2D eigenvalue weighted by molar-refractivity contribution is -0.141. The molecule has 2 aliphatic heterocycles. The average Bonchev–Trinajstić information content (AvgIpc) is 3.26. The van der Waals surface area contributed by atoms with E-state index in [0.29, 0.717) is 57.4 Å². The van der Waals surface area contributed by atoms with Gasteiger partial charge in [-0.1, -0.05) is 28.1 Å². The third-order valence-electron chi connectivity index (χ3n) is 5.54. The van der Waals surface area contributed by atoms with Gasteiger partial charge in [-0.25, -0.2) is 4.99 Å². The fourth-order valence-electron chi connectivity index (χ4n) is 3.82. The van der Waals surface area contributed by atoms with E-state index in [1.165, 1.54) is 0 Å². The number of amides is 1. The number of morpholine rings is 1. The third-order valence-corrected chi connectivity index (χ3v) is 6.07. The molecule has 1 N–H and O–H groups in total. The van der Waals surface area contributed by atoms with Gasteiger partial charge in [0.1, 0.15) is 12.4 Å². The first kappa shape index (κ1) is 22.8. The van der Waals surface area contributed by atoms with E-state index in [2.05, 4.69) is 15.9 Å². The Morgan fingerprint density at radius 3 is 2.53 bits per heavy atom. The molecule has 0 radical (unpaired) electrons. The Kier molecular flexibility index (Phi) is 7.44. The van der Waals surface area contributed by atoms with E-state index in [1.807, 2.05) is 53.4 Å². The number of aliphatic imine (C=N–C) groups is 1. The monoisotopic (exact) mass is 502 g/mol. The summed E-state index contributed by atoms with van der Waals surface area (Å²) in [5, 5.41) is 8.89. The highest BCUT2D eigenvalue weighted by Crippen LogP contribution is 2.30. The molecule has 8 heteroatoms. The zero-order valence-corrected chi connectivity index (χ0v) is 19.4. The third kappa shape index (κ3) is 5.31. The molecule has 0 aromatic heterocycles. The molecule has 0 unspecified atom stereocenters. The van der Waals surface area contributed by atoms with Gasteiger partial charge in [-0.2, -0.15) is 0 Å². The summed E-state index contributed by atoms with van der Waals surface area (Å²) in [7, 11) is 0. The Morgan fingerprint density at radius 1 is 1.12 bits per heavy atom. The van der Waals surface area contributed by atoms with Gasteiger partial charge in [0.05, 0.1) is 19.8 Å². The number of nitrogens with zero attached hydrogens (tertiary/aromatic N) is 2. The zero-order valence-electron chi connectivity index (χ0n) is 17.8. The average molecular weight is 503 g/mol. The van der Waals surface area contributed by atoms with E-state index < -0.39 is 5.54 Å². The number of aliphatic hydroxyl groups excluding tert-OH is 1. The van der Waals surface area contributed by atoms with Crippen LogP contribution in [0.4, 0.5) is 0 Å². The van der Waals surface area contributed by atoms with Crippen molar-refractivity contribution in [3.05, 3.63) is 64.1 Å². The van der Waals surface area contributed by atoms with Crippen molar-refractivity contribution >= 4 is 27.7 Å². The van der Waals surface area contributed by atoms with E-state index in [1.54, 1.807) is 0 Å². The Hall–Kier alpha value is -2.42. The maximum Gasteiger partial charge on any atom is 0.254 e. The highest BCUT2D eigenvalue weighted by molar-refractivity contribution is 9.10. The van der Waals surface area contributed by atoms with Gasteiger partial charge in [-0.05, 0) is 42.0 Å². The number of benzene rings is 2. The molecule has 0 saturated carbocycles. The molecule has 2 aliphatic rings. The summed E-state index contributed by atoms with van der Waals surface area (Å²) in [5.74, 6) is 1.15. The Bertz CT molecular complexity index is 942. The lowest BCUT2D eigenvalue weighted by atomic mass is 9.90. The van der Waals surface area contributed by atoms with E-state index in [-0.39, 0.29) is 19.1 Å². The van der Waals surface area contributed by atoms with Crippen LogP contribution in [-0.4, -0.2) is 73.5 Å². The van der Waals surface area contributed by atoms with E-state index in [9.17, 15) is 4.79 Å². The Labute approximate surface area is 196 Å². The van der Waals surface area contributed by atoms with Gasteiger partial charge >= 0.3 is 0 Å². The predicted octanol–water partition coefficient (Wildman–Crippen LogP) is 2.83. The molecule has 2 aromatic carbocycles. The summed E-state index contributed by atoms with van der Waals surface area (Å²) in [6.45, 7) is 2.95. The van der Waals surface area contributed by atoms with Gasteiger partial charge in [-0.3, -0.25) is 4.79 Å². The van der Waals surface area contributed by atoms with Crippen molar-refractivity contribution in [1.82, 2.24) is 4.90 Å². The van der Waals surface area contributed by atoms with Crippen LogP contribution in [0.5, 0.6) is 5.75 Å². The molecule has 0 spiro atoms. The molecule has 4 rings (SSSR count). The standard InChI is InChI=1S/C24H27BrN2O5/c25-20-6-2-18(3-7-20)16-24(23(29)27-10-14-30-15-11-27)17-32-22(26-24)19-4-8-21(9-5-19)31-13-1-12-28/h2-9,28H,1,10-17H2/t24-/m1/s1. The molecule has 1 amide bonds. The number of rotatable bonds is 8. The van der Waals surface area contributed by atoms with Crippen LogP contribution in [0.25, 0.3) is 0 Å². The number of carbonyl (C=O) groups excluding carboxylic acids is 1. The van der Waals surface area contributed by atoms with Crippen LogP contribution in [0.3, 0.4) is 0 Å². The first-order chi connectivity index (χ1) is 15.6. The second-order valence-corrected chi connectivity index (χ2v) is 8.81. The summed E-state index contributed by atoms with van der Waals surface area (Å²) < 4.78 is 18.0. The fourth-order valence-corrected chi connectivity index (χ4v) is 4.08. The SMILES string of the molecule is O=C(N1CCOCC1)[C@@]1(Cc2ccc(Br)cc2)COC(c2ccc(OCCCO)cc2)=N1. The quantitative estimate of drug-likeness (QED) is 0.561. The smallest absolute Gasteiger partial charge is 0.254 e. The van der Waals surface area contributed by atoms with Gasteiger partial charge < -0.3 is 24.2 Å². The molecule has 0 bridgehead atoms. The van der Waals surface area contributed by atoms with Crippen molar-refractivity contribution in [2.24, 2.45) is 4.99 Å². The van der Waals surface area contributed by atoms with E-state index in [0.717, 1.165) is 15.6 Å². The topological polar surface area (TPSA) is 80.6 Å². The molecule has 0 aliphatic carbocycles. The van der Waals surface area contributed by atoms with Crippen molar-refractivity contribution in [2.45, 2.75) is 18.4 Å². The lowest BCUT2D eigenvalue weighted by Crippen LogP contribution is -2.53. The van der Waals surface area contributed by atoms with Crippen molar-refractivity contribution in [3.63, 3.8) is 0 Å². The minimum absolute atomic E-state index is 0.0253. The summed E-state index contributed by atoms with van der Waals surface area (Å²) in [6.07, 6.45) is 1.04. The largest absolute Gasteiger partial charge is 0.494 e. The molecule has 32 heavy (non-hydrogen) atoms. The lowest BCUT2D eigenvalue weighted by Gasteiger charge is -2.33. The number of ether oxygens (including phenoxy) is 3. The van der Waals surface area contributed by atoms with Gasteiger partial charge in [0.2, 0.25) is 5.90 Å². The van der Waals surface area contributed by atoms with Crippen molar-refractivity contribution in [2.75, 3.05) is 46.1 Å². The number of aliphatic hydroxyl groups is 1. The summed E-state index contributed by atoms with van der Waals surface area (Å²) >= 11 is 3.46. The second kappa shape index (κ2) is 10.5. The van der Waals surface area contributed by atoms with Gasteiger partial charge in [0, 0.05) is 42.6 Å². The van der Waals surface area contributed by atoms with Crippen LogP contribution < -0.4 is 4.74 Å². The molecular weight excluding hydrogens is 476 g/mol. The zero-order chi connectivity index (χ0) is 22.4. The minimum Gasteiger partial charge on any atom is -0.494 e.